The molecule has 24 heavy (non-hydrogen) atoms. The molecule has 0 amide bonds. The minimum Gasteiger partial charge on any atom is -0.478 e. The van der Waals surface area contributed by atoms with E-state index >= 15 is 0 Å². The van der Waals surface area contributed by atoms with Crippen molar-refractivity contribution in [2.24, 2.45) is 0 Å². The predicted molar refractivity (Wildman–Crippen MR) is 85.6 cm³/mol. The second-order valence-corrected chi connectivity index (χ2v) is 5.08. The number of ether oxygens (including phenoxy) is 1. The summed E-state index contributed by atoms with van der Waals surface area (Å²) in [6.45, 7) is 0.320. The van der Waals surface area contributed by atoms with Crippen molar-refractivity contribution in [3.05, 3.63) is 33.9 Å². The molecule has 0 spiro atoms. The zero-order valence-corrected chi connectivity index (χ0v) is 13.8. The number of benzene rings is 1. The summed E-state index contributed by atoms with van der Waals surface area (Å²) in [4.78, 5) is 11.1. The first-order chi connectivity index (χ1) is 10.7. The third-order valence-corrected chi connectivity index (χ3v) is 3.16. The van der Waals surface area contributed by atoms with Crippen molar-refractivity contribution in [2.45, 2.75) is 12.3 Å². The Morgan fingerprint density at radius 3 is 2.67 bits per heavy atom. The van der Waals surface area contributed by atoms with Gasteiger partial charge in [-0.15, -0.1) is 12.4 Å². The Hall–Kier alpha value is -1.88. The van der Waals surface area contributed by atoms with Crippen LogP contribution in [0, 0.1) is 11.8 Å². The third kappa shape index (κ3) is 4.35. The van der Waals surface area contributed by atoms with Crippen LogP contribution in [0.1, 0.15) is 11.1 Å². The third-order valence-electron chi connectivity index (χ3n) is 2.94. The molecule has 2 rings (SSSR count). The molecule has 1 aliphatic rings. The van der Waals surface area contributed by atoms with Crippen LogP contribution >= 0.6 is 24.0 Å². The SMILES string of the molecule is CNCC#Cc1cc(Cl)cc2c1OC(C(F)(F)F)C(C(=O)O)=C2.Cl. The topological polar surface area (TPSA) is 58.6 Å². The number of carbonyl (C=O) groups is 1. The average Bonchev–Trinajstić information content (AvgIpc) is 2.44. The molecule has 1 atom stereocenters. The first-order valence-corrected chi connectivity index (χ1v) is 6.77. The summed E-state index contributed by atoms with van der Waals surface area (Å²) < 4.78 is 44.1. The lowest BCUT2D eigenvalue weighted by Crippen LogP contribution is -2.40. The van der Waals surface area contributed by atoms with Crippen LogP contribution in [-0.4, -0.2) is 36.9 Å². The highest BCUT2D eigenvalue weighted by atomic mass is 35.5. The fourth-order valence-electron chi connectivity index (χ4n) is 2.02. The molecule has 0 aromatic heterocycles. The highest BCUT2D eigenvalue weighted by Gasteiger charge is 2.48. The highest BCUT2D eigenvalue weighted by Crippen LogP contribution is 2.40. The Morgan fingerprint density at radius 1 is 1.46 bits per heavy atom. The van der Waals surface area contributed by atoms with Gasteiger partial charge in [0.25, 0.3) is 0 Å². The second-order valence-electron chi connectivity index (χ2n) is 4.65. The summed E-state index contributed by atoms with van der Waals surface area (Å²) in [5.41, 5.74) is -0.594. The first-order valence-electron chi connectivity index (χ1n) is 6.39. The normalized spacial score (nSPS) is 15.9. The Balaban J connectivity index is 0.00000288. The molecule has 1 aromatic rings. The van der Waals surface area contributed by atoms with Gasteiger partial charge in [-0.3, -0.25) is 0 Å². The molecule has 4 nitrogen and oxygen atoms in total. The van der Waals surface area contributed by atoms with Crippen LogP contribution in [0.15, 0.2) is 17.7 Å². The van der Waals surface area contributed by atoms with E-state index in [1.165, 1.54) is 12.1 Å². The molecule has 1 aromatic carbocycles. The molecule has 0 saturated heterocycles. The van der Waals surface area contributed by atoms with Crippen molar-refractivity contribution in [2.75, 3.05) is 13.6 Å². The van der Waals surface area contributed by atoms with Gasteiger partial charge in [0, 0.05) is 10.6 Å². The fraction of sp³-hybridized carbons (Fsp3) is 0.267. The Labute approximate surface area is 147 Å². The van der Waals surface area contributed by atoms with Crippen LogP contribution in [0.4, 0.5) is 13.2 Å². The number of halogens is 5. The van der Waals surface area contributed by atoms with Gasteiger partial charge in [0.15, 0.2) is 0 Å². The standard InChI is InChI=1S/C15H11ClF3NO3.ClH/c1-20-4-2-3-8-5-10(16)6-9-7-11(14(21)22)13(15(17,18)19)23-12(8)9;/h5-7,13,20H,4H2,1H3,(H,21,22);1H. The summed E-state index contributed by atoms with van der Waals surface area (Å²) >= 11 is 5.91. The van der Waals surface area contributed by atoms with Crippen LogP contribution in [0.3, 0.4) is 0 Å². The molecule has 1 heterocycles. The number of hydrogen-bond donors (Lipinski definition) is 2. The summed E-state index contributed by atoms with van der Waals surface area (Å²) in [6.07, 6.45) is -6.51. The lowest BCUT2D eigenvalue weighted by molar-refractivity contribution is -0.187. The average molecular weight is 382 g/mol. The molecule has 0 radical (unpaired) electrons. The fourth-order valence-corrected chi connectivity index (χ4v) is 2.24. The predicted octanol–water partition coefficient (Wildman–Crippen LogP) is 3.12. The zero-order chi connectivity index (χ0) is 17.2. The number of hydrogen-bond acceptors (Lipinski definition) is 3. The van der Waals surface area contributed by atoms with Gasteiger partial charge in [0.05, 0.1) is 17.7 Å². The quantitative estimate of drug-likeness (QED) is 0.772. The molecule has 0 fully saturated rings. The number of rotatable bonds is 2. The number of alkyl halides is 3. The van der Waals surface area contributed by atoms with E-state index in [0.717, 1.165) is 6.08 Å². The molecule has 1 aliphatic heterocycles. The van der Waals surface area contributed by atoms with Gasteiger partial charge in [-0.05, 0) is 25.3 Å². The van der Waals surface area contributed by atoms with Crippen LogP contribution < -0.4 is 10.1 Å². The summed E-state index contributed by atoms with van der Waals surface area (Å²) in [6, 6.07) is 2.70. The molecular formula is C15H12Cl2F3NO3. The molecule has 0 saturated carbocycles. The second kappa shape index (κ2) is 7.79. The Morgan fingerprint density at radius 2 is 2.12 bits per heavy atom. The van der Waals surface area contributed by atoms with Gasteiger partial charge in [-0.25, -0.2) is 4.79 Å². The molecule has 2 N–H and O–H groups in total. The van der Waals surface area contributed by atoms with E-state index < -0.39 is 23.8 Å². The van der Waals surface area contributed by atoms with E-state index in [1.54, 1.807) is 7.05 Å². The van der Waals surface area contributed by atoms with Crippen molar-refractivity contribution in [3.8, 4) is 17.6 Å². The van der Waals surface area contributed by atoms with Crippen molar-refractivity contribution < 1.29 is 27.8 Å². The van der Waals surface area contributed by atoms with Gasteiger partial charge >= 0.3 is 12.1 Å². The molecule has 0 bridgehead atoms. The van der Waals surface area contributed by atoms with E-state index in [2.05, 4.69) is 17.2 Å². The van der Waals surface area contributed by atoms with E-state index in [1.807, 2.05) is 0 Å². The summed E-state index contributed by atoms with van der Waals surface area (Å²) in [7, 11) is 1.67. The van der Waals surface area contributed by atoms with Crippen molar-refractivity contribution >= 4 is 36.1 Å². The van der Waals surface area contributed by atoms with Crippen molar-refractivity contribution in [1.82, 2.24) is 5.32 Å². The van der Waals surface area contributed by atoms with Gasteiger partial charge in [0.2, 0.25) is 6.10 Å². The van der Waals surface area contributed by atoms with Crippen LogP contribution in [0.5, 0.6) is 5.75 Å². The minimum absolute atomic E-state index is 0. The Bertz CT molecular complexity index is 736. The van der Waals surface area contributed by atoms with Crippen LogP contribution in [0.25, 0.3) is 6.08 Å². The molecular weight excluding hydrogens is 370 g/mol. The minimum atomic E-state index is -4.86. The maximum atomic E-state index is 13.1. The number of aliphatic carboxylic acids is 1. The monoisotopic (exact) mass is 381 g/mol. The smallest absolute Gasteiger partial charge is 0.430 e. The van der Waals surface area contributed by atoms with E-state index in [9.17, 15) is 18.0 Å². The number of carboxylic acid groups (broad SMARTS) is 1. The highest BCUT2D eigenvalue weighted by molar-refractivity contribution is 6.31. The molecule has 9 heteroatoms. The first kappa shape index (κ1) is 20.2. The largest absolute Gasteiger partial charge is 0.478 e. The van der Waals surface area contributed by atoms with E-state index in [-0.39, 0.29) is 34.3 Å². The number of fused-ring (bicyclic) bond motifs is 1. The maximum Gasteiger partial charge on any atom is 0.430 e. The van der Waals surface area contributed by atoms with Crippen molar-refractivity contribution in [3.63, 3.8) is 0 Å². The van der Waals surface area contributed by atoms with E-state index in [0.29, 0.717) is 6.54 Å². The molecule has 0 aliphatic carbocycles. The molecule has 1 unspecified atom stereocenters. The van der Waals surface area contributed by atoms with E-state index in [4.69, 9.17) is 21.4 Å². The number of carboxylic acids is 1. The van der Waals surface area contributed by atoms with Gasteiger partial charge in [-0.2, -0.15) is 13.2 Å². The van der Waals surface area contributed by atoms with Crippen LogP contribution in [0.2, 0.25) is 5.02 Å². The summed E-state index contributed by atoms with van der Waals surface area (Å²) in [5, 5.41) is 12.0. The van der Waals surface area contributed by atoms with Crippen LogP contribution in [-0.2, 0) is 4.79 Å². The lowest BCUT2D eigenvalue weighted by Gasteiger charge is -2.27. The van der Waals surface area contributed by atoms with Gasteiger partial charge in [0.1, 0.15) is 5.75 Å². The van der Waals surface area contributed by atoms with Gasteiger partial charge < -0.3 is 15.2 Å². The van der Waals surface area contributed by atoms with Gasteiger partial charge in [-0.1, -0.05) is 23.4 Å². The summed E-state index contributed by atoms with van der Waals surface area (Å²) in [5.74, 6) is 3.52. The molecule has 130 valence electrons. The Kier molecular flexibility index (Phi) is 6.55. The lowest BCUT2D eigenvalue weighted by atomic mass is 9.99. The maximum absolute atomic E-state index is 13.1. The van der Waals surface area contributed by atoms with Crippen molar-refractivity contribution in [1.29, 1.82) is 0 Å². The zero-order valence-electron chi connectivity index (χ0n) is 12.2. The number of nitrogens with one attached hydrogen (secondary N) is 1.